The Bertz CT molecular complexity index is 382. The number of hydrogen-bond acceptors (Lipinski definition) is 3. The molecule has 0 aliphatic heterocycles. The van der Waals surface area contributed by atoms with Crippen LogP contribution >= 0.6 is 11.8 Å². The molecule has 0 saturated heterocycles. The third-order valence-corrected chi connectivity index (χ3v) is 3.60. The van der Waals surface area contributed by atoms with E-state index in [0.29, 0.717) is 6.54 Å². The molecule has 0 spiro atoms. The van der Waals surface area contributed by atoms with Crippen LogP contribution in [0.2, 0.25) is 0 Å². The van der Waals surface area contributed by atoms with Gasteiger partial charge in [0, 0.05) is 18.0 Å². The molecule has 1 aromatic rings. The van der Waals surface area contributed by atoms with Crippen molar-refractivity contribution in [2.24, 2.45) is 0 Å². The van der Waals surface area contributed by atoms with E-state index in [1.807, 2.05) is 19.9 Å². The molecule has 0 aliphatic rings. The van der Waals surface area contributed by atoms with Gasteiger partial charge in [-0.3, -0.25) is 4.79 Å². The molecular formula is C14H22N2OS. The minimum atomic E-state index is -0.0562. The summed E-state index contributed by atoms with van der Waals surface area (Å²) in [5, 5.41) is 6.09. The van der Waals surface area contributed by atoms with Crippen LogP contribution in [-0.4, -0.2) is 24.2 Å². The van der Waals surface area contributed by atoms with Gasteiger partial charge in [0.2, 0.25) is 5.91 Å². The van der Waals surface area contributed by atoms with E-state index in [2.05, 4.69) is 35.8 Å². The topological polar surface area (TPSA) is 41.1 Å². The SMILES string of the molecule is CCNCc1cccc(SC(C)C(=O)NCC)c1. The lowest BCUT2D eigenvalue weighted by Gasteiger charge is -2.11. The average molecular weight is 266 g/mol. The van der Waals surface area contributed by atoms with Crippen LogP contribution in [0.25, 0.3) is 0 Å². The summed E-state index contributed by atoms with van der Waals surface area (Å²) in [4.78, 5) is 12.8. The highest BCUT2D eigenvalue weighted by Gasteiger charge is 2.13. The highest BCUT2D eigenvalue weighted by atomic mass is 32.2. The van der Waals surface area contributed by atoms with E-state index in [0.717, 1.165) is 18.0 Å². The molecule has 0 bridgehead atoms. The molecule has 1 atom stereocenters. The van der Waals surface area contributed by atoms with Crippen LogP contribution in [-0.2, 0) is 11.3 Å². The summed E-state index contributed by atoms with van der Waals surface area (Å²) in [6, 6.07) is 8.34. The van der Waals surface area contributed by atoms with Crippen molar-refractivity contribution in [3.8, 4) is 0 Å². The van der Waals surface area contributed by atoms with E-state index >= 15 is 0 Å². The molecular weight excluding hydrogens is 244 g/mol. The second kappa shape index (κ2) is 8.16. The summed E-state index contributed by atoms with van der Waals surface area (Å²) in [5.41, 5.74) is 1.25. The van der Waals surface area contributed by atoms with E-state index in [-0.39, 0.29) is 11.2 Å². The van der Waals surface area contributed by atoms with Gasteiger partial charge in [-0.05, 0) is 38.1 Å². The van der Waals surface area contributed by atoms with Gasteiger partial charge in [0.1, 0.15) is 0 Å². The zero-order valence-electron chi connectivity index (χ0n) is 11.3. The van der Waals surface area contributed by atoms with Crippen molar-refractivity contribution in [2.45, 2.75) is 37.5 Å². The van der Waals surface area contributed by atoms with E-state index in [1.54, 1.807) is 11.8 Å². The fourth-order valence-electron chi connectivity index (χ4n) is 1.57. The molecule has 2 N–H and O–H groups in total. The highest BCUT2D eigenvalue weighted by molar-refractivity contribution is 8.00. The molecule has 0 saturated carbocycles. The fourth-order valence-corrected chi connectivity index (χ4v) is 2.55. The van der Waals surface area contributed by atoms with Crippen LogP contribution < -0.4 is 10.6 Å². The maximum Gasteiger partial charge on any atom is 0.233 e. The third-order valence-electron chi connectivity index (χ3n) is 2.51. The Hall–Kier alpha value is -1.00. The molecule has 0 aromatic heterocycles. The first-order valence-electron chi connectivity index (χ1n) is 6.41. The number of carbonyl (C=O) groups is 1. The average Bonchev–Trinajstić information content (AvgIpc) is 2.37. The first-order chi connectivity index (χ1) is 8.67. The Kier molecular flexibility index (Phi) is 6.83. The lowest BCUT2D eigenvalue weighted by Crippen LogP contribution is -2.30. The lowest BCUT2D eigenvalue weighted by molar-refractivity contribution is -0.120. The number of thioether (sulfide) groups is 1. The molecule has 1 unspecified atom stereocenters. The highest BCUT2D eigenvalue weighted by Crippen LogP contribution is 2.24. The van der Waals surface area contributed by atoms with Gasteiger partial charge in [0.05, 0.1) is 5.25 Å². The van der Waals surface area contributed by atoms with E-state index in [4.69, 9.17) is 0 Å². The van der Waals surface area contributed by atoms with Crippen molar-refractivity contribution >= 4 is 17.7 Å². The zero-order valence-corrected chi connectivity index (χ0v) is 12.1. The standard InChI is InChI=1S/C14H22N2OS/c1-4-15-10-12-7-6-8-13(9-12)18-11(3)14(17)16-5-2/h6-9,11,15H,4-5,10H2,1-3H3,(H,16,17). The van der Waals surface area contributed by atoms with Crippen molar-refractivity contribution in [1.29, 1.82) is 0 Å². The zero-order chi connectivity index (χ0) is 13.4. The van der Waals surface area contributed by atoms with Gasteiger partial charge in [-0.25, -0.2) is 0 Å². The smallest absolute Gasteiger partial charge is 0.233 e. The second-order valence-electron chi connectivity index (χ2n) is 4.08. The molecule has 18 heavy (non-hydrogen) atoms. The van der Waals surface area contributed by atoms with Gasteiger partial charge in [0.25, 0.3) is 0 Å². The molecule has 0 heterocycles. The van der Waals surface area contributed by atoms with Gasteiger partial charge in [-0.2, -0.15) is 0 Å². The van der Waals surface area contributed by atoms with Crippen molar-refractivity contribution in [3.63, 3.8) is 0 Å². The minimum Gasteiger partial charge on any atom is -0.355 e. The molecule has 0 aliphatic carbocycles. The molecule has 4 heteroatoms. The van der Waals surface area contributed by atoms with Crippen molar-refractivity contribution in [3.05, 3.63) is 29.8 Å². The van der Waals surface area contributed by atoms with Crippen LogP contribution in [0.4, 0.5) is 0 Å². The van der Waals surface area contributed by atoms with Crippen LogP contribution in [0, 0.1) is 0 Å². The number of rotatable bonds is 7. The number of amides is 1. The molecule has 0 fully saturated rings. The molecule has 100 valence electrons. The Morgan fingerprint density at radius 2 is 2.11 bits per heavy atom. The first-order valence-corrected chi connectivity index (χ1v) is 7.29. The number of benzene rings is 1. The summed E-state index contributed by atoms with van der Waals surface area (Å²) in [6.07, 6.45) is 0. The van der Waals surface area contributed by atoms with E-state index in [1.165, 1.54) is 5.56 Å². The Balaban J connectivity index is 2.58. The van der Waals surface area contributed by atoms with E-state index < -0.39 is 0 Å². The predicted octanol–water partition coefficient (Wildman–Crippen LogP) is 2.41. The monoisotopic (exact) mass is 266 g/mol. The second-order valence-corrected chi connectivity index (χ2v) is 5.50. The summed E-state index contributed by atoms with van der Waals surface area (Å²) < 4.78 is 0. The number of carbonyl (C=O) groups excluding carboxylic acids is 1. The van der Waals surface area contributed by atoms with Gasteiger partial charge >= 0.3 is 0 Å². The van der Waals surface area contributed by atoms with Crippen molar-refractivity contribution < 1.29 is 4.79 Å². The summed E-state index contributed by atoms with van der Waals surface area (Å²) in [5.74, 6) is 0.0968. The molecule has 3 nitrogen and oxygen atoms in total. The maximum atomic E-state index is 11.7. The van der Waals surface area contributed by atoms with Crippen molar-refractivity contribution in [1.82, 2.24) is 10.6 Å². The van der Waals surface area contributed by atoms with Gasteiger partial charge in [-0.1, -0.05) is 19.1 Å². The summed E-state index contributed by atoms with van der Waals surface area (Å²) in [6.45, 7) is 8.49. The quantitative estimate of drug-likeness (QED) is 0.745. The maximum absolute atomic E-state index is 11.7. The molecule has 0 radical (unpaired) electrons. The Morgan fingerprint density at radius 1 is 1.33 bits per heavy atom. The lowest BCUT2D eigenvalue weighted by atomic mass is 10.2. The molecule has 1 amide bonds. The molecule has 1 aromatic carbocycles. The molecule has 1 rings (SSSR count). The van der Waals surface area contributed by atoms with Gasteiger partial charge in [0.15, 0.2) is 0 Å². The Morgan fingerprint density at radius 3 is 2.78 bits per heavy atom. The number of hydrogen-bond donors (Lipinski definition) is 2. The largest absolute Gasteiger partial charge is 0.355 e. The predicted molar refractivity (Wildman–Crippen MR) is 77.8 cm³/mol. The van der Waals surface area contributed by atoms with Crippen LogP contribution in [0.5, 0.6) is 0 Å². The minimum absolute atomic E-state index is 0.0562. The fraction of sp³-hybridized carbons (Fsp3) is 0.500. The van der Waals surface area contributed by atoms with E-state index in [9.17, 15) is 4.79 Å². The number of nitrogens with one attached hydrogen (secondary N) is 2. The normalized spacial score (nSPS) is 12.2. The van der Waals surface area contributed by atoms with Crippen LogP contribution in [0.15, 0.2) is 29.2 Å². The van der Waals surface area contributed by atoms with Crippen molar-refractivity contribution in [2.75, 3.05) is 13.1 Å². The van der Waals surface area contributed by atoms with Gasteiger partial charge in [-0.15, -0.1) is 11.8 Å². The third kappa shape index (κ3) is 5.10. The summed E-state index contributed by atoms with van der Waals surface area (Å²) >= 11 is 1.60. The first kappa shape index (κ1) is 15.1. The van der Waals surface area contributed by atoms with Crippen LogP contribution in [0.1, 0.15) is 26.3 Å². The summed E-state index contributed by atoms with van der Waals surface area (Å²) in [7, 11) is 0. The Labute approximate surface area is 114 Å². The van der Waals surface area contributed by atoms with Crippen LogP contribution in [0.3, 0.4) is 0 Å². The van der Waals surface area contributed by atoms with Gasteiger partial charge < -0.3 is 10.6 Å².